The van der Waals surface area contributed by atoms with Crippen molar-refractivity contribution in [2.45, 2.75) is 25.5 Å². The highest BCUT2D eigenvalue weighted by atomic mass is 35.5. The van der Waals surface area contributed by atoms with Crippen LogP contribution in [0.1, 0.15) is 24.3 Å². The maximum Gasteiger partial charge on any atom is 0.225 e. The molecule has 1 aromatic heterocycles. The van der Waals surface area contributed by atoms with E-state index in [0.29, 0.717) is 13.0 Å². The quantitative estimate of drug-likeness (QED) is 0.873. The second-order valence-electron chi connectivity index (χ2n) is 3.99. The Morgan fingerprint density at radius 2 is 2.28 bits per heavy atom. The number of amides is 1. The lowest BCUT2D eigenvalue weighted by Gasteiger charge is -2.25. The van der Waals surface area contributed by atoms with E-state index in [1.807, 2.05) is 31.5 Å². The molecule has 0 aliphatic rings. The summed E-state index contributed by atoms with van der Waals surface area (Å²) in [6.45, 7) is 2.39. The van der Waals surface area contributed by atoms with Crippen LogP contribution in [0.2, 0.25) is 0 Å². The van der Waals surface area contributed by atoms with Gasteiger partial charge in [-0.25, -0.2) is 0 Å². The first kappa shape index (κ1) is 17.4. The number of carbonyl (C=O) groups excluding carboxylic acids is 1. The van der Waals surface area contributed by atoms with Crippen LogP contribution in [-0.4, -0.2) is 37.6 Å². The summed E-state index contributed by atoms with van der Waals surface area (Å²) in [5.41, 5.74) is 5.51. The SMILES string of the molecule is COC(CN)CC(=O)N(C)C(C)c1cccs1.Cl. The molecule has 0 saturated heterocycles. The first-order valence-electron chi connectivity index (χ1n) is 5.62. The Balaban J connectivity index is 0.00000289. The number of rotatable bonds is 6. The van der Waals surface area contributed by atoms with E-state index >= 15 is 0 Å². The number of nitrogens with zero attached hydrogens (tertiary/aromatic N) is 1. The van der Waals surface area contributed by atoms with Gasteiger partial charge in [0.2, 0.25) is 5.91 Å². The predicted molar refractivity (Wildman–Crippen MR) is 77.2 cm³/mol. The number of thiophene rings is 1. The molecule has 2 atom stereocenters. The summed E-state index contributed by atoms with van der Waals surface area (Å²) < 4.78 is 5.12. The molecule has 4 nitrogen and oxygen atoms in total. The van der Waals surface area contributed by atoms with Gasteiger partial charge in [0, 0.05) is 25.6 Å². The summed E-state index contributed by atoms with van der Waals surface area (Å²) in [5, 5.41) is 2.02. The van der Waals surface area contributed by atoms with E-state index in [1.165, 1.54) is 4.88 Å². The van der Waals surface area contributed by atoms with E-state index in [1.54, 1.807) is 23.3 Å². The normalized spacial score (nSPS) is 13.6. The molecule has 0 radical (unpaired) electrons. The topological polar surface area (TPSA) is 55.6 Å². The van der Waals surface area contributed by atoms with Crippen molar-refractivity contribution in [2.75, 3.05) is 20.7 Å². The van der Waals surface area contributed by atoms with Crippen molar-refractivity contribution in [3.63, 3.8) is 0 Å². The highest BCUT2D eigenvalue weighted by Gasteiger charge is 2.20. The molecule has 0 spiro atoms. The third-order valence-electron chi connectivity index (χ3n) is 2.93. The number of carbonyl (C=O) groups is 1. The fourth-order valence-electron chi connectivity index (χ4n) is 1.54. The molecule has 0 fully saturated rings. The van der Waals surface area contributed by atoms with Crippen LogP contribution in [0.4, 0.5) is 0 Å². The fraction of sp³-hybridized carbons (Fsp3) is 0.583. The van der Waals surface area contributed by atoms with Crippen molar-refractivity contribution in [2.24, 2.45) is 5.73 Å². The molecule has 1 heterocycles. The number of ether oxygens (including phenoxy) is 1. The summed E-state index contributed by atoms with van der Waals surface area (Å²) in [6.07, 6.45) is 0.139. The van der Waals surface area contributed by atoms with Crippen LogP contribution < -0.4 is 5.73 Å². The van der Waals surface area contributed by atoms with Crippen molar-refractivity contribution in [3.05, 3.63) is 22.4 Å². The minimum Gasteiger partial charge on any atom is -0.380 e. The Bertz CT molecular complexity index is 342. The van der Waals surface area contributed by atoms with Gasteiger partial charge in [0.05, 0.1) is 18.6 Å². The zero-order chi connectivity index (χ0) is 12.8. The molecule has 1 rings (SSSR count). The number of methoxy groups -OCH3 is 1. The van der Waals surface area contributed by atoms with Gasteiger partial charge in [-0.1, -0.05) is 6.07 Å². The lowest BCUT2D eigenvalue weighted by molar-refractivity contribution is -0.134. The first-order valence-corrected chi connectivity index (χ1v) is 6.50. The highest BCUT2D eigenvalue weighted by Crippen LogP contribution is 2.24. The predicted octanol–water partition coefficient (Wildman–Crippen LogP) is 2.05. The van der Waals surface area contributed by atoms with Crippen molar-refractivity contribution in [1.82, 2.24) is 4.90 Å². The third kappa shape index (κ3) is 4.57. The fourth-order valence-corrected chi connectivity index (χ4v) is 2.36. The molecule has 2 N–H and O–H groups in total. The minimum atomic E-state index is -0.194. The third-order valence-corrected chi connectivity index (χ3v) is 3.97. The summed E-state index contributed by atoms with van der Waals surface area (Å²) in [4.78, 5) is 14.9. The van der Waals surface area contributed by atoms with E-state index in [9.17, 15) is 4.79 Å². The summed E-state index contributed by atoms with van der Waals surface area (Å²) >= 11 is 1.66. The Labute approximate surface area is 119 Å². The second kappa shape index (κ2) is 8.48. The smallest absolute Gasteiger partial charge is 0.225 e. The lowest BCUT2D eigenvalue weighted by atomic mass is 10.2. The molecule has 6 heteroatoms. The molecular formula is C12H21ClN2O2S. The van der Waals surface area contributed by atoms with Gasteiger partial charge < -0.3 is 15.4 Å². The van der Waals surface area contributed by atoms with Crippen LogP contribution in [0.15, 0.2) is 17.5 Å². The summed E-state index contributed by atoms with van der Waals surface area (Å²) in [7, 11) is 3.39. The average Bonchev–Trinajstić information content (AvgIpc) is 2.87. The molecular weight excluding hydrogens is 272 g/mol. The number of nitrogens with two attached hydrogens (primary N) is 1. The maximum atomic E-state index is 12.0. The molecule has 104 valence electrons. The molecule has 0 aliphatic carbocycles. The van der Waals surface area contributed by atoms with Gasteiger partial charge in [-0.05, 0) is 18.4 Å². The van der Waals surface area contributed by atoms with E-state index in [4.69, 9.17) is 10.5 Å². The van der Waals surface area contributed by atoms with Crippen LogP contribution in [0.3, 0.4) is 0 Å². The van der Waals surface area contributed by atoms with E-state index in [-0.39, 0.29) is 30.5 Å². The van der Waals surface area contributed by atoms with Crippen molar-refractivity contribution >= 4 is 29.7 Å². The second-order valence-corrected chi connectivity index (χ2v) is 4.97. The van der Waals surface area contributed by atoms with Gasteiger partial charge in [0.1, 0.15) is 0 Å². The molecule has 0 bridgehead atoms. The number of hydrogen-bond acceptors (Lipinski definition) is 4. The number of halogens is 1. The van der Waals surface area contributed by atoms with Gasteiger partial charge in [0.15, 0.2) is 0 Å². The van der Waals surface area contributed by atoms with Crippen LogP contribution in [0.25, 0.3) is 0 Å². The largest absolute Gasteiger partial charge is 0.380 e. The van der Waals surface area contributed by atoms with Crippen molar-refractivity contribution in [1.29, 1.82) is 0 Å². The zero-order valence-electron chi connectivity index (χ0n) is 11.0. The van der Waals surface area contributed by atoms with Crippen molar-refractivity contribution < 1.29 is 9.53 Å². The summed E-state index contributed by atoms with van der Waals surface area (Å²) in [6, 6.07) is 4.13. The van der Waals surface area contributed by atoms with Gasteiger partial charge in [-0.15, -0.1) is 23.7 Å². The Morgan fingerprint density at radius 3 is 2.72 bits per heavy atom. The van der Waals surface area contributed by atoms with Crippen LogP contribution in [0.5, 0.6) is 0 Å². The first-order chi connectivity index (χ1) is 8.10. The standard InChI is InChI=1S/C12H20N2O2S.ClH/c1-9(11-5-4-6-17-11)14(2)12(15)7-10(8-13)16-3;/h4-6,9-10H,7-8,13H2,1-3H3;1H. The monoisotopic (exact) mass is 292 g/mol. The van der Waals surface area contributed by atoms with Gasteiger partial charge in [0.25, 0.3) is 0 Å². The van der Waals surface area contributed by atoms with Crippen molar-refractivity contribution in [3.8, 4) is 0 Å². The van der Waals surface area contributed by atoms with Crippen LogP contribution in [-0.2, 0) is 9.53 Å². The number of hydrogen-bond donors (Lipinski definition) is 1. The van der Waals surface area contributed by atoms with Gasteiger partial charge in [-0.3, -0.25) is 4.79 Å². The van der Waals surface area contributed by atoms with E-state index in [2.05, 4.69) is 0 Å². The molecule has 2 unspecified atom stereocenters. The minimum absolute atomic E-state index is 0. The van der Waals surface area contributed by atoms with E-state index in [0.717, 1.165) is 0 Å². The average molecular weight is 293 g/mol. The molecule has 1 aromatic rings. The highest BCUT2D eigenvalue weighted by molar-refractivity contribution is 7.10. The Kier molecular flexibility index (Phi) is 8.18. The van der Waals surface area contributed by atoms with Crippen LogP contribution in [0, 0.1) is 0 Å². The summed E-state index contributed by atoms with van der Waals surface area (Å²) in [5.74, 6) is 0.0585. The Morgan fingerprint density at radius 1 is 1.61 bits per heavy atom. The van der Waals surface area contributed by atoms with Crippen LogP contribution >= 0.6 is 23.7 Å². The molecule has 0 aromatic carbocycles. The van der Waals surface area contributed by atoms with Gasteiger partial charge >= 0.3 is 0 Å². The maximum absolute atomic E-state index is 12.0. The zero-order valence-corrected chi connectivity index (χ0v) is 12.6. The molecule has 0 aliphatic heterocycles. The molecule has 18 heavy (non-hydrogen) atoms. The van der Waals surface area contributed by atoms with E-state index < -0.39 is 0 Å². The van der Waals surface area contributed by atoms with Gasteiger partial charge in [-0.2, -0.15) is 0 Å². The Hall–Kier alpha value is -0.620. The molecule has 1 amide bonds. The lowest BCUT2D eigenvalue weighted by Crippen LogP contribution is -2.34. The molecule has 0 saturated carbocycles.